The van der Waals surface area contributed by atoms with Crippen LogP contribution in [0.25, 0.3) is 0 Å². The third-order valence-electron chi connectivity index (χ3n) is 3.46. The third-order valence-corrected chi connectivity index (χ3v) is 3.46. The lowest BCUT2D eigenvalue weighted by Gasteiger charge is -2.38. The van der Waals surface area contributed by atoms with Gasteiger partial charge in [-0.15, -0.1) is 0 Å². The van der Waals surface area contributed by atoms with Crippen molar-refractivity contribution in [3.63, 3.8) is 0 Å². The zero-order valence-electron chi connectivity index (χ0n) is 10.4. The van der Waals surface area contributed by atoms with Crippen molar-refractivity contribution in [1.82, 2.24) is 15.5 Å². The highest BCUT2D eigenvalue weighted by atomic mass is 16.5. The zero-order valence-corrected chi connectivity index (χ0v) is 10.4. The first-order chi connectivity index (χ1) is 7.65. The highest BCUT2D eigenvalue weighted by Gasteiger charge is 2.30. The van der Waals surface area contributed by atoms with E-state index in [-0.39, 0.29) is 0 Å². The molecule has 0 saturated heterocycles. The van der Waals surface area contributed by atoms with Crippen molar-refractivity contribution in [3.8, 4) is 0 Å². The highest BCUT2D eigenvalue weighted by Crippen LogP contribution is 2.33. The summed E-state index contributed by atoms with van der Waals surface area (Å²) in [5.74, 6) is 3.21. The summed E-state index contributed by atoms with van der Waals surface area (Å²) in [4.78, 5) is 4.18. The second-order valence-electron chi connectivity index (χ2n) is 5.11. The average Bonchev–Trinajstić information content (AvgIpc) is 2.54. The second-order valence-corrected chi connectivity index (χ2v) is 5.11. The van der Waals surface area contributed by atoms with Gasteiger partial charge in [0.1, 0.15) is 0 Å². The van der Waals surface area contributed by atoms with Gasteiger partial charge >= 0.3 is 0 Å². The van der Waals surface area contributed by atoms with E-state index < -0.39 is 0 Å². The van der Waals surface area contributed by atoms with Gasteiger partial charge in [0.05, 0.1) is 0 Å². The molecule has 0 spiro atoms. The quantitative estimate of drug-likeness (QED) is 0.829. The number of hydrogen-bond acceptors (Lipinski definition) is 4. The Balaban J connectivity index is 1.60. The largest absolute Gasteiger partial charge is 0.339 e. The Morgan fingerprint density at radius 2 is 2.19 bits per heavy atom. The molecular formula is C12H21N3O. The molecule has 1 N–H and O–H groups in total. The summed E-state index contributed by atoms with van der Waals surface area (Å²) in [6, 6.07) is 0.705. The predicted octanol–water partition coefficient (Wildman–Crippen LogP) is 1.94. The van der Waals surface area contributed by atoms with Crippen LogP contribution in [0.2, 0.25) is 0 Å². The van der Waals surface area contributed by atoms with Gasteiger partial charge in [0.2, 0.25) is 5.89 Å². The molecular weight excluding hydrogens is 202 g/mol. The zero-order chi connectivity index (χ0) is 11.5. The van der Waals surface area contributed by atoms with Crippen LogP contribution >= 0.6 is 0 Å². The Kier molecular flexibility index (Phi) is 3.59. The Morgan fingerprint density at radius 1 is 1.44 bits per heavy atom. The van der Waals surface area contributed by atoms with E-state index in [2.05, 4.69) is 29.3 Å². The lowest BCUT2D eigenvalue weighted by molar-refractivity contribution is 0.168. The van der Waals surface area contributed by atoms with Crippen LogP contribution in [0.4, 0.5) is 0 Å². The third kappa shape index (κ3) is 2.82. The van der Waals surface area contributed by atoms with Crippen LogP contribution in [0, 0.1) is 18.8 Å². The van der Waals surface area contributed by atoms with Gasteiger partial charge in [0, 0.05) is 19.0 Å². The van der Waals surface area contributed by atoms with E-state index in [1.54, 1.807) is 0 Å². The minimum absolute atomic E-state index is 0.705. The molecule has 2 rings (SSSR count). The van der Waals surface area contributed by atoms with Crippen molar-refractivity contribution in [2.24, 2.45) is 11.8 Å². The van der Waals surface area contributed by atoms with E-state index in [1.807, 2.05) is 6.92 Å². The van der Waals surface area contributed by atoms with Gasteiger partial charge in [-0.05, 0) is 31.6 Å². The average molecular weight is 223 g/mol. The van der Waals surface area contributed by atoms with Gasteiger partial charge in [0.15, 0.2) is 5.82 Å². The Morgan fingerprint density at radius 3 is 2.75 bits per heavy atom. The molecule has 0 amide bonds. The molecule has 1 saturated carbocycles. The number of aryl methyl sites for hydroxylation is 1. The maximum Gasteiger partial charge on any atom is 0.227 e. The molecule has 0 aliphatic heterocycles. The summed E-state index contributed by atoms with van der Waals surface area (Å²) >= 11 is 0. The molecule has 90 valence electrons. The molecule has 1 aromatic rings. The molecule has 0 aromatic carbocycles. The molecule has 0 radical (unpaired) electrons. The molecule has 0 bridgehead atoms. The monoisotopic (exact) mass is 223 g/mol. The molecule has 0 atom stereocenters. The van der Waals surface area contributed by atoms with Gasteiger partial charge in [0.25, 0.3) is 0 Å². The molecule has 1 aromatic heterocycles. The van der Waals surface area contributed by atoms with E-state index >= 15 is 0 Å². The van der Waals surface area contributed by atoms with Crippen molar-refractivity contribution in [3.05, 3.63) is 11.7 Å². The topological polar surface area (TPSA) is 51.0 Å². The molecule has 0 unspecified atom stereocenters. The Labute approximate surface area is 96.8 Å². The van der Waals surface area contributed by atoms with E-state index in [9.17, 15) is 0 Å². The first-order valence-electron chi connectivity index (χ1n) is 6.17. The SMILES string of the molecule is Cc1noc(CCNC2CC(C(C)C)C2)n1. The van der Waals surface area contributed by atoms with Crippen molar-refractivity contribution < 1.29 is 4.52 Å². The van der Waals surface area contributed by atoms with Gasteiger partial charge in [-0.1, -0.05) is 19.0 Å². The molecule has 1 fully saturated rings. The molecule has 4 nitrogen and oxygen atoms in total. The summed E-state index contributed by atoms with van der Waals surface area (Å²) < 4.78 is 5.06. The van der Waals surface area contributed by atoms with Gasteiger partial charge in [-0.2, -0.15) is 4.98 Å². The van der Waals surface area contributed by atoms with Gasteiger partial charge in [-0.25, -0.2) is 0 Å². The summed E-state index contributed by atoms with van der Waals surface area (Å²) in [5.41, 5.74) is 0. The van der Waals surface area contributed by atoms with Crippen molar-refractivity contribution in [2.45, 2.75) is 46.1 Å². The van der Waals surface area contributed by atoms with Crippen LogP contribution in [0.15, 0.2) is 4.52 Å². The van der Waals surface area contributed by atoms with Crippen molar-refractivity contribution >= 4 is 0 Å². The minimum atomic E-state index is 0.705. The molecule has 16 heavy (non-hydrogen) atoms. The summed E-state index contributed by atoms with van der Waals surface area (Å²) in [5, 5.41) is 7.30. The fourth-order valence-corrected chi connectivity index (χ4v) is 2.20. The highest BCUT2D eigenvalue weighted by molar-refractivity contribution is 4.88. The number of aromatic nitrogens is 2. The Bertz CT molecular complexity index is 329. The summed E-state index contributed by atoms with van der Waals surface area (Å²) in [7, 11) is 0. The lowest BCUT2D eigenvalue weighted by atomic mass is 9.74. The van der Waals surface area contributed by atoms with Crippen LogP contribution in [-0.4, -0.2) is 22.7 Å². The minimum Gasteiger partial charge on any atom is -0.339 e. The fraction of sp³-hybridized carbons (Fsp3) is 0.833. The maximum atomic E-state index is 5.06. The van der Waals surface area contributed by atoms with Crippen molar-refractivity contribution in [2.75, 3.05) is 6.54 Å². The standard InChI is InChI=1S/C12H21N3O/c1-8(2)10-6-11(7-10)13-5-4-12-14-9(3)15-16-12/h8,10-11,13H,4-7H2,1-3H3. The van der Waals surface area contributed by atoms with Crippen LogP contribution in [0.3, 0.4) is 0 Å². The summed E-state index contributed by atoms with van der Waals surface area (Å²) in [6.07, 6.45) is 3.48. The van der Waals surface area contributed by atoms with E-state index in [1.165, 1.54) is 12.8 Å². The predicted molar refractivity (Wildman–Crippen MR) is 62.1 cm³/mol. The van der Waals surface area contributed by atoms with Crippen molar-refractivity contribution in [1.29, 1.82) is 0 Å². The number of nitrogens with zero attached hydrogens (tertiary/aromatic N) is 2. The van der Waals surface area contributed by atoms with Crippen LogP contribution in [0.5, 0.6) is 0 Å². The van der Waals surface area contributed by atoms with E-state index in [0.717, 1.165) is 36.5 Å². The maximum absolute atomic E-state index is 5.06. The summed E-state index contributed by atoms with van der Waals surface area (Å²) in [6.45, 7) is 7.40. The first kappa shape index (κ1) is 11.6. The Hall–Kier alpha value is -0.900. The van der Waals surface area contributed by atoms with Gasteiger partial charge < -0.3 is 9.84 Å². The van der Waals surface area contributed by atoms with Gasteiger partial charge in [-0.3, -0.25) is 0 Å². The smallest absolute Gasteiger partial charge is 0.227 e. The van der Waals surface area contributed by atoms with Crippen LogP contribution in [0.1, 0.15) is 38.4 Å². The molecule has 4 heteroatoms. The second kappa shape index (κ2) is 4.95. The van der Waals surface area contributed by atoms with Crippen LogP contribution < -0.4 is 5.32 Å². The first-order valence-corrected chi connectivity index (χ1v) is 6.17. The number of rotatable bonds is 5. The number of hydrogen-bond donors (Lipinski definition) is 1. The normalized spacial score (nSPS) is 24.8. The fourth-order valence-electron chi connectivity index (χ4n) is 2.20. The number of nitrogens with one attached hydrogen (secondary N) is 1. The van der Waals surface area contributed by atoms with E-state index in [4.69, 9.17) is 4.52 Å². The molecule has 1 aliphatic rings. The molecule has 1 aliphatic carbocycles. The van der Waals surface area contributed by atoms with E-state index in [0.29, 0.717) is 6.04 Å². The van der Waals surface area contributed by atoms with Crippen LogP contribution in [-0.2, 0) is 6.42 Å². The molecule has 1 heterocycles. The lowest BCUT2D eigenvalue weighted by Crippen LogP contribution is -2.43.